The van der Waals surface area contributed by atoms with E-state index in [1.807, 2.05) is 0 Å². The van der Waals surface area contributed by atoms with Gasteiger partial charge in [0.1, 0.15) is 0 Å². The maximum atomic E-state index is 11.9. The van der Waals surface area contributed by atoms with E-state index >= 15 is 0 Å². The Hall–Kier alpha value is -0.920. The molecule has 0 heterocycles. The maximum Gasteiger partial charge on any atom is 0.423 e. The predicted molar refractivity (Wildman–Crippen MR) is 43.7 cm³/mol. The van der Waals surface area contributed by atoms with Crippen molar-refractivity contribution in [2.24, 2.45) is 0 Å². The lowest BCUT2D eigenvalue weighted by molar-refractivity contribution is -0.337. The minimum atomic E-state index is -5.94. The van der Waals surface area contributed by atoms with Gasteiger partial charge in [0, 0.05) is 0 Å². The fraction of sp³-hybridized carbons (Fsp3) is 1.00. The van der Waals surface area contributed by atoms with Crippen molar-refractivity contribution in [2.75, 3.05) is 13.2 Å². The Bertz CT molecular complexity index is 275. The predicted octanol–water partition coefficient (Wildman–Crippen LogP) is 4.01. The molecule has 0 aromatic carbocycles. The third-order valence-corrected chi connectivity index (χ3v) is 1.84. The highest BCUT2D eigenvalue weighted by Crippen LogP contribution is 2.37. The van der Waals surface area contributed by atoms with Gasteiger partial charge in [0.05, 0.1) is 13.2 Å². The van der Waals surface area contributed by atoms with E-state index in [4.69, 9.17) is 0 Å². The summed E-state index contributed by atoms with van der Waals surface area (Å²) in [5.74, 6) is 0. The van der Waals surface area contributed by atoms with Gasteiger partial charge < -0.3 is 9.47 Å². The lowest BCUT2D eigenvalue weighted by Gasteiger charge is -2.25. The van der Waals surface area contributed by atoms with Crippen molar-refractivity contribution in [3.8, 4) is 0 Å². The van der Waals surface area contributed by atoms with Gasteiger partial charge in [-0.3, -0.25) is 0 Å². The van der Waals surface area contributed by atoms with E-state index in [-0.39, 0.29) is 0 Å². The average molecular weight is 362 g/mol. The van der Waals surface area contributed by atoms with Crippen LogP contribution in [-0.2, 0) is 9.47 Å². The summed E-state index contributed by atoms with van der Waals surface area (Å²) in [6.45, 7) is -3.57. The van der Waals surface area contributed by atoms with Crippen molar-refractivity contribution >= 4 is 0 Å². The Kier molecular flexibility index (Phi) is 6.40. The van der Waals surface area contributed by atoms with Crippen LogP contribution >= 0.6 is 0 Å². The molecule has 0 aliphatic heterocycles. The number of alkyl halides is 12. The van der Waals surface area contributed by atoms with E-state index in [1.165, 1.54) is 0 Å². The number of hydrogen-bond acceptors (Lipinski definition) is 2. The normalized spacial score (nSPS) is 15.0. The summed E-state index contributed by atoms with van der Waals surface area (Å²) in [6.07, 6.45) is -32.5. The van der Waals surface area contributed by atoms with E-state index in [0.29, 0.717) is 0 Å². The van der Waals surface area contributed by atoms with Gasteiger partial charge in [0.15, 0.2) is 0 Å². The van der Waals surface area contributed by atoms with E-state index in [0.717, 1.165) is 0 Å². The van der Waals surface area contributed by atoms with E-state index < -0.39 is 50.1 Å². The van der Waals surface area contributed by atoms with Gasteiger partial charge in [-0.15, -0.1) is 0 Å². The van der Waals surface area contributed by atoms with E-state index in [1.54, 1.807) is 0 Å². The second-order valence-electron chi connectivity index (χ2n) is 3.67. The summed E-state index contributed by atoms with van der Waals surface area (Å²) in [5, 5.41) is 0. The summed E-state index contributed by atoms with van der Waals surface area (Å²) < 4.78 is 150. The SMILES string of the molecule is FC(F)(F)C(OCCOC(C(F)(F)F)C(F)(F)F)C(F)(F)F. The van der Waals surface area contributed by atoms with Gasteiger partial charge in [0.2, 0.25) is 12.2 Å². The molecule has 14 heteroatoms. The number of ether oxygens (including phenoxy) is 2. The largest absolute Gasteiger partial charge is 0.423 e. The van der Waals surface area contributed by atoms with Crippen LogP contribution in [0, 0.1) is 0 Å². The van der Waals surface area contributed by atoms with Crippen molar-refractivity contribution < 1.29 is 62.2 Å². The minimum absolute atomic E-state index is 1.79. The van der Waals surface area contributed by atoms with E-state index in [2.05, 4.69) is 9.47 Å². The van der Waals surface area contributed by atoms with Gasteiger partial charge in [-0.25, -0.2) is 0 Å². The molecule has 0 spiro atoms. The van der Waals surface area contributed by atoms with Crippen LogP contribution in [0.15, 0.2) is 0 Å². The summed E-state index contributed by atoms with van der Waals surface area (Å²) in [5.41, 5.74) is 0. The first-order valence-corrected chi connectivity index (χ1v) is 4.97. The third kappa shape index (κ3) is 6.89. The van der Waals surface area contributed by atoms with Crippen LogP contribution in [0.3, 0.4) is 0 Å². The van der Waals surface area contributed by atoms with Crippen LogP contribution in [0.25, 0.3) is 0 Å². The number of rotatable bonds is 5. The first-order chi connectivity index (χ1) is 9.47. The summed E-state index contributed by atoms with van der Waals surface area (Å²) in [6, 6.07) is 0. The van der Waals surface area contributed by atoms with E-state index in [9.17, 15) is 52.7 Å². The van der Waals surface area contributed by atoms with Crippen molar-refractivity contribution in [1.29, 1.82) is 0 Å². The standard InChI is InChI=1S/C8H6F12O2/c9-5(10,11)3(6(12,13)14)21-1-2-22-4(7(15,16)17)8(18,19)20/h3-4H,1-2H2. The Balaban J connectivity index is 4.63. The highest BCUT2D eigenvalue weighted by atomic mass is 19.4. The molecule has 0 saturated carbocycles. The molecule has 0 aromatic rings. The fourth-order valence-corrected chi connectivity index (χ4v) is 1.08. The lowest BCUT2D eigenvalue weighted by Crippen LogP contribution is -2.46. The van der Waals surface area contributed by atoms with Crippen LogP contribution < -0.4 is 0 Å². The summed E-state index contributed by atoms with van der Waals surface area (Å²) >= 11 is 0. The molecule has 0 fully saturated rings. The molecule has 0 aliphatic rings. The second-order valence-corrected chi connectivity index (χ2v) is 3.67. The molecule has 0 aliphatic carbocycles. The molecule has 0 rings (SSSR count). The van der Waals surface area contributed by atoms with Gasteiger partial charge in [0.25, 0.3) is 0 Å². The van der Waals surface area contributed by atoms with Crippen LogP contribution in [0.5, 0.6) is 0 Å². The van der Waals surface area contributed by atoms with Gasteiger partial charge in [-0.05, 0) is 0 Å². The molecule has 0 unspecified atom stereocenters. The number of halogens is 12. The molecule has 0 atom stereocenters. The van der Waals surface area contributed by atoms with Gasteiger partial charge in [-0.1, -0.05) is 0 Å². The topological polar surface area (TPSA) is 18.5 Å². The monoisotopic (exact) mass is 362 g/mol. The van der Waals surface area contributed by atoms with Crippen molar-refractivity contribution in [2.45, 2.75) is 36.9 Å². The lowest BCUT2D eigenvalue weighted by atomic mass is 10.3. The molecular formula is C8H6F12O2. The Labute approximate surface area is 114 Å². The Morgan fingerprint density at radius 2 is 0.636 bits per heavy atom. The van der Waals surface area contributed by atoms with Crippen LogP contribution in [0.4, 0.5) is 52.7 Å². The van der Waals surface area contributed by atoms with Crippen LogP contribution in [0.2, 0.25) is 0 Å². The molecule has 2 nitrogen and oxygen atoms in total. The van der Waals surface area contributed by atoms with Crippen LogP contribution in [-0.4, -0.2) is 50.1 Å². The molecule has 22 heavy (non-hydrogen) atoms. The zero-order chi connectivity index (χ0) is 18.0. The molecule has 0 aromatic heterocycles. The molecule has 0 N–H and O–H groups in total. The first-order valence-electron chi connectivity index (χ1n) is 4.97. The van der Waals surface area contributed by atoms with Gasteiger partial charge >= 0.3 is 24.7 Å². The Morgan fingerprint density at radius 3 is 0.773 bits per heavy atom. The summed E-state index contributed by atoms with van der Waals surface area (Å²) in [4.78, 5) is 0. The average Bonchev–Trinajstić information content (AvgIpc) is 2.14. The quantitative estimate of drug-likeness (QED) is 0.544. The molecular weight excluding hydrogens is 356 g/mol. The fourth-order valence-electron chi connectivity index (χ4n) is 1.08. The molecule has 0 saturated heterocycles. The molecule has 0 radical (unpaired) electrons. The van der Waals surface area contributed by atoms with Crippen molar-refractivity contribution in [3.63, 3.8) is 0 Å². The molecule has 0 bridgehead atoms. The molecule has 134 valence electrons. The highest BCUT2D eigenvalue weighted by Gasteiger charge is 2.59. The highest BCUT2D eigenvalue weighted by molar-refractivity contribution is 4.77. The second kappa shape index (κ2) is 6.68. The van der Waals surface area contributed by atoms with Crippen molar-refractivity contribution in [1.82, 2.24) is 0 Å². The first kappa shape index (κ1) is 21.1. The maximum absolute atomic E-state index is 11.9. The third-order valence-electron chi connectivity index (χ3n) is 1.84. The zero-order valence-electron chi connectivity index (χ0n) is 9.92. The van der Waals surface area contributed by atoms with Crippen molar-refractivity contribution in [3.05, 3.63) is 0 Å². The number of hydrogen-bond donors (Lipinski definition) is 0. The Morgan fingerprint density at radius 1 is 0.455 bits per heavy atom. The smallest absolute Gasteiger partial charge is 0.359 e. The zero-order valence-corrected chi connectivity index (χ0v) is 9.92. The van der Waals surface area contributed by atoms with Crippen LogP contribution in [0.1, 0.15) is 0 Å². The summed E-state index contributed by atoms with van der Waals surface area (Å²) in [7, 11) is 0. The molecule has 0 amide bonds. The van der Waals surface area contributed by atoms with Gasteiger partial charge in [-0.2, -0.15) is 52.7 Å². The minimum Gasteiger partial charge on any atom is -0.359 e.